The van der Waals surface area contributed by atoms with Crippen molar-refractivity contribution in [1.82, 2.24) is 9.55 Å². The van der Waals surface area contributed by atoms with Crippen LogP contribution in [-0.2, 0) is 7.05 Å². The summed E-state index contributed by atoms with van der Waals surface area (Å²) in [4.78, 5) is 4.28. The maximum absolute atomic E-state index is 8.98. The molecule has 5 nitrogen and oxygen atoms in total. The zero-order chi connectivity index (χ0) is 14.0. The van der Waals surface area contributed by atoms with E-state index < -0.39 is 0 Å². The monoisotopic (exact) mass is 257 g/mol. The van der Waals surface area contributed by atoms with Crippen LogP contribution in [0, 0.1) is 18.3 Å². The molecule has 0 atom stereocenters. The lowest BCUT2D eigenvalue weighted by Gasteiger charge is -2.13. The summed E-state index contributed by atoms with van der Waals surface area (Å²) in [6.07, 6.45) is 1.54. The molecule has 5 heteroatoms. The van der Waals surface area contributed by atoms with Crippen molar-refractivity contribution < 1.29 is 9.47 Å². The third kappa shape index (κ3) is 2.13. The van der Waals surface area contributed by atoms with E-state index in [9.17, 15) is 0 Å². The number of hydrogen-bond donors (Lipinski definition) is 0. The summed E-state index contributed by atoms with van der Waals surface area (Å²) >= 11 is 0. The summed E-state index contributed by atoms with van der Waals surface area (Å²) in [5.74, 6) is 2.14. The number of ether oxygens (including phenoxy) is 2. The zero-order valence-corrected chi connectivity index (χ0v) is 11.4. The van der Waals surface area contributed by atoms with Gasteiger partial charge in [-0.3, -0.25) is 0 Å². The van der Waals surface area contributed by atoms with Crippen molar-refractivity contribution in [3.63, 3.8) is 0 Å². The van der Waals surface area contributed by atoms with E-state index in [2.05, 4.69) is 11.1 Å². The molecule has 19 heavy (non-hydrogen) atoms. The van der Waals surface area contributed by atoms with Crippen molar-refractivity contribution in [2.45, 2.75) is 6.92 Å². The van der Waals surface area contributed by atoms with Crippen LogP contribution in [0.25, 0.3) is 11.4 Å². The van der Waals surface area contributed by atoms with E-state index >= 15 is 0 Å². The molecular formula is C14H15N3O2. The average Bonchev–Trinajstić information content (AvgIpc) is 2.79. The van der Waals surface area contributed by atoms with Gasteiger partial charge in [0.1, 0.15) is 29.1 Å². The van der Waals surface area contributed by atoms with Crippen LogP contribution in [0.15, 0.2) is 18.3 Å². The Kier molecular flexibility index (Phi) is 3.43. The second kappa shape index (κ2) is 5.02. The normalized spacial score (nSPS) is 10.1. The second-order valence-corrected chi connectivity index (χ2v) is 4.16. The van der Waals surface area contributed by atoms with Gasteiger partial charge >= 0.3 is 0 Å². The van der Waals surface area contributed by atoms with Gasteiger partial charge in [0, 0.05) is 7.05 Å². The summed E-state index contributed by atoms with van der Waals surface area (Å²) in [6, 6.07) is 5.86. The number of imidazole rings is 1. The molecule has 0 saturated carbocycles. The van der Waals surface area contributed by atoms with E-state index in [-0.39, 0.29) is 0 Å². The SMILES string of the molecule is COc1cc(-c2ncc(C#N)n2C)c(OC)cc1C. The smallest absolute Gasteiger partial charge is 0.144 e. The maximum atomic E-state index is 8.98. The first-order chi connectivity index (χ1) is 9.12. The van der Waals surface area contributed by atoms with Crippen molar-refractivity contribution in [2.75, 3.05) is 14.2 Å². The molecular weight excluding hydrogens is 242 g/mol. The van der Waals surface area contributed by atoms with Crippen molar-refractivity contribution in [3.05, 3.63) is 29.6 Å². The molecule has 1 aromatic carbocycles. The van der Waals surface area contributed by atoms with Gasteiger partial charge in [-0.2, -0.15) is 5.26 Å². The Hall–Kier alpha value is -2.48. The summed E-state index contributed by atoms with van der Waals surface area (Å²) in [6.45, 7) is 1.95. The molecule has 0 aliphatic heterocycles. The molecule has 0 radical (unpaired) electrons. The van der Waals surface area contributed by atoms with E-state index in [1.165, 1.54) is 0 Å². The van der Waals surface area contributed by atoms with Gasteiger partial charge in [-0.05, 0) is 24.6 Å². The number of methoxy groups -OCH3 is 2. The second-order valence-electron chi connectivity index (χ2n) is 4.16. The largest absolute Gasteiger partial charge is 0.496 e. The summed E-state index contributed by atoms with van der Waals surface area (Å²) in [5.41, 5.74) is 2.28. The van der Waals surface area contributed by atoms with E-state index in [0.717, 1.165) is 16.9 Å². The number of aromatic nitrogens is 2. The Bertz CT molecular complexity index is 653. The molecule has 0 aliphatic rings. The van der Waals surface area contributed by atoms with Crippen LogP contribution in [0.3, 0.4) is 0 Å². The summed E-state index contributed by atoms with van der Waals surface area (Å²) in [5, 5.41) is 8.98. The molecule has 0 unspecified atom stereocenters. The van der Waals surface area contributed by atoms with Crippen LogP contribution in [0.2, 0.25) is 0 Å². The molecule has 1 heterocycles. The van der Waals surface area contributed by atoms with Crippen LogP contribution >= 0.6 is 0 Å². The quantitative estimate of drug-likeness (QED) is 0.846. The fourth-order valence-electron chi connectivity index (χ4n) is 1.99. The average molecular weight is 257 g/mol. The van der Waals surface area contributed by atoms with Crippen molar-refractivity contribution >= 4 is 0 Å². The van der Waals surface area contributed by atoms with E-state index in [1.54, 1.807) is 32.0 Å². The Balaban J connectivity index is 2.66. The summed E-state index contributed by atoms with van der Waals surface area (Å²) < 4.78 is 12.4. The third-order valence-corrected chi connectivity index (χ3v) is 3.06. The highest BCUT2D eigenvalue weighted by Crippen LogP contribution is 2.35. The van der Waals surface area contributed by atoms with Gasteiger partial charge in [0.15, 0.2) is 0 Å². The molecule has 0 N–H and O–H groups in total. The lowest BCUT2D eigenvalue weighted by Crippen LogP contribution is -1.99. The van der Waals surface area contributed by atoms with Gasteiger partial charge in [-0.15, -0.1) is 0 Å². The first kappa shape index (κ1) is 13.0. The van der Waals surface area contributed by atoms with Crippen LogP contribution in [0.4, 0.5) is 0 Å². The number of rotatable bonds is 3. The zero-order valence-electron chi connectivity index (χ0n) is 11.4. The molecule has 1 aromatic heterocycles. The first-order valence-electron chi connectivity index (χ1n) is 5.77. The van der Waals surface area contributed by atoms with E-state index in [1.807, 2.05) is 19.1 Å². The number of nitrogens with zero attached hydrogens (tertiary/aromatic N) is 3. The lowest BCUT2D eigenvalue weighted by atomic mass is 10.1. The minimum absolute atomic E-state index is 0.497. The highest BCUT2D eigenvalue weighted by Gasteiger charge is 2.15. The van der Waals surface area contributed by atoms with E-state index in [4.69, 9.17) is 14.7 Å². The molecule has 2 aromatic rings. The van der Waals surface area contributed by atoms with Gasteiger partial charge in [-0.1, -0.05) is 0 Å². The Morgan fingerprint density at radius 3 is 2.42 bits per heavy atom. The highest BCUT2D eigenvalue weighted by molar-refractivity contribution is 5.69. The molecule has 0 spiro atoms. The first-order valence-corrected chi connectivity index (χ1v) is 5.77. The van der Waals surface area contributed by atoms with Crippen molar-refractivity contribution in [3.8, 4) is 29.0 Å². The third-order valence-electron chi connectivity index (χ3n) is 3.06. The van der Waals surface area contributed by atoms with Gasteiger partial charge in [-0.25, -0.2) is 4.98 Å². The predicted octanol–water partition coefficient (Wildman–Crippen LogP) is 2.28. The fourth-order valence-corrected chi connectivity index (χ4v) is 1.99. The molecule has 0 bridgehead atoms. The molecule has 0 fully saturated rings. The molecule has 98 valence electrons. The lowest BCUT2D eigenvalue weighted by molar-refractivity contribution is 0.401. The van der Waals surface area contributed by atoms with Crippen molar-refractivity contribution in [2.24, 2.45) is 7.05 Å². The summed E-state index contributed by atoms with van der Waals surface area (Å²) in [7, 11) is 5.03. The molecule has 2 rings (SSSR count). The Morgan fingerprint density at radius 2 is 1.89 bits per heavy atom. The standard InChI is InChI=1S/C14H15N3O2/c1-9-5-13(19-4)11(6-12(9)18-3)14-16-8-10(7-15)17(14)2/h5-6,8H,1-4H3. The number of aryl methyl sites for hydroxylation is 1. The maximum Gasteiger partial charge on any atom is 0.144 e. The highest BCUT2D eigenvalue weighted by atomic mass is 16.5. The number of hydrogen-bond acceptors (Lipinski definition) is 4. The van der Waals surface area contributed by atoms with Gasteiger partial charge < -0.3 is 14.0 Å². The van der Waals surface area contributed by atoms with Crippen LogP contribution < -0.4 is 9.47 Å². The van der Waals surface area contributed by atoms with Crippen molar-refractivity contribution in [1.29, 1.82) is 5.26 Å². The number of nitriles is 1. The predicted molar refractivity (Wildman–Crippen MR) is 71.2 cm³/mol. The van der Waals surface area contributed by atoms with Crippen LogP contribution in [0.1, 0.15) is 11.3 Å². The molecule has 0 aliphatic carbocycles. The van der Waals surface area contributed by atoms with Gasteiger partial charge in [0.05, 0.1) is 26.0 Å². The van der Waals surface area contributed by atoms with Crippen LogP contribution in [0.5, 0.6) is 11.5 Å². The topological polar surface area (TPSA) is 60.1 Å². The fraction of sp³-hybridized carbons (Fsp3) is 0.286. The molecule has 0 amide bonds. The van der Waals surface area contributed by atoms with Gasteiger partial charge in [0.25, 0.3) is 0 Å². The Labute approximate surface area is 112 Å². The molecule has 0 saturated heterocycles. The minimum atomic E-state index is 0.497. The minimum Gasteiger partial charge on any atom is -0.496 e. The Morgan fingerprint density at radius 1 is 1.21 bits per heavy atom. The number of benzene rings is 1. The van der Waals surface area contributed by atoms with Gasteiger partial charge in [0.2, 0.25) is 0 Å². The van der Waals surface area contributed by atoms with E-state index in [0.29, 0.717) is 17.3 Å². The van der Waals surface area contributed by atoms with Crippen LogP contribution in [-0.4, -0.2) is 23.8 Å².